The molecule has 2 aromatic rings. The van der Waals surface area contributed by atoms with E-state index in [4.69, 9.17) is 23.2 Å². The first-order chi connectivity index (χ1) is 9.95. The lowest BCUT2D eigenvalue weighted by Gasteiger charge is -2.15. The van der Waals surface area contributed by atoms with E-state index >= 15 is 0 Å². The molecule has 2 heterocycles. The Kier molecular flexibility index (Phi) is 3.80. The second-order valence-corrected chi connectivity index (χ2v) is 6.32. The van der Waals surface area contributed by atoms with Crippen LogP contribution in [0.25, 0.3) is 11.0 Å². The molecule has 1 fully saturated rings. The van der Waals surface area contributed by atoms with Gasteiger partial charge in [0.25, 0.3) is 0 Å². The molecule has 3 rings (SSSR count). The minimum atomic E-state index is -0.491. The summed E-state index contributed by atoms with van der Waals surface area (Å²) >= 11 is 12.0. The first-order valence-electron chi connectivity index (χ1n) is 6.74. The first-order valence-corrected chi connectivity index (χ1v) is 7.55. The highest BCUT2D eigenvalue weighted by atomic mass is 35.5. The Balaban J connectivity index is 2.07. The lowest BCUT2D eigenvalue weighted by Crippen LogP contribution is -2.30. The summed E-state index contributed by atoms with van der Waals surface area (Å²) in [6.07, 6.45) is 1.27. The maximum Gasteiger partial charge on any atom is 0.220 e. The van der Waals surface area contributed by atoms with Gasteiger partial charge in [0, 0.05) is 25.1 Å². The molecule has 0 saturated carbocycles. The number of hydrogen-bond donors (Lipinski definition) is 1. The predicted octanol–water partition coefficient (Wildman–Crippen LogP) is 3.41. The Morgan fingerprint density at radius 2 is 2.33 bits per heavy atom. The molecule has 1 aliphatic heterocycles. The van der Waals surface area contributed by atoms with E-state index < -0.39 is 5.82 Å². The number of nitrogens with zero attached hydrogens (tertiary/aromatic N) is 2. The number of carbonyl (C=O) groups is 1. The monoisotopic (exact) mass is 329 g/mol. The zero-order valence-corrected chi connectivity index (χ0v) is 12.9. The Labute approximate surface area is 131 Å². The quantitative estimate of drug-likeness (QED) is 0.877. The van der Waals surface area contributed by atoms with Gasteiger partial charge in [-0.2, -0.15) is 0 Å². The standard InChI is InChI=1S/C14H14Cl2FN3O/c1-7(15)14-19-11-4-9(16)10(17)5-12(11)20(14)6-8-2-3-13(21)18-8/h4-5,7-8H,2-3,6H2,1H3,(H,18,21). The van der Waals surface area contributed by atoms with Gasteiger partial charge in [-0.15, -0.1) is 11.6 Å². The number of benzene rings is 1. The molecule has 2 atom stereocenters. The van der Waals surface area contributed by atoms with Gasteiger partial charge >= 0.3 is 0 Å². The minimum Gasteiger partial charge on any atom is -0.352 e. The van der Waals surface area contributed by atoms with Crippen LogP contribution < -0.4 is 5.32 Å². The van der Waals surface area contributed by atoms with E-state index in [1.54, 1.807) is 0 Å². The highest BCUT2D eigenvalue weighted by Gasteiger charge is 2.24. The van der Waals surface area contributed by atoms with E-state index in [0.29, 0.717) is 29.8 Å². The number of amides is 1. The van der Waals surface area contributed by atoms with Crippen LogP contribution in [0.2, 0.25) is 5.02 Å². The van der Waals surface area contributed by atoms with Crippen molar-refractivity contribution in [1.29, 1.82) is 0 Å². The van der Waals surface area contributed by atoms with Gasteiger partial charge in [0.2, 0.25) is 5.91 Å². The van der Waals surface area contributed by atoms with Crippen molar-refractivity contribution in [1.82, 2.24) is 14.9 Å². The smallest absolute Gasteiger partial charge is 0.220 e. The van der Waals surface area contributed by atoms with Crippen molar-refractivity contribution in [2.75, 3.05) is 0 Å². The Morgan fingerprint density at radius 1 is 1.57 bits per heavy atom. The SMILES string of the molecule is CC(Cl)c1nc2cc(Cl)c(F)cc2n1CC1CCC(=O)N1. The third-order valence-corrected chi connectivity index (χ3v) is 4.15. The second kappa shape index (κ2) is 5.46. The minimum absolute atomic E-state index is 0.0165. The third kappa shape index (κ3) is 2.72. The number of hydrogen-bond acceptors (Lipinski definition) is 2. The van der Waals surface area contributed by atoms with E-state index in [2.05, 4.69) is 10.3 Å². The van der Waals surface area contributed by atoms with Crippen molar-refractivity contribution in [2.24, 2.45) is 0 Å². The number of fused-ring (bicyclic) bond motifs is 1. The maximum atomic E-state index is 13.7. The molecule has 2 unspecified atom stereocenters. The molecule has 4 nitrogen and oxygen atoms in total. The Morgan fingerprint density at radius 3 is 2.95 bits per heavy atom. The van der Waals surface area contributed by atoms with Crippen molar-refractivity contribution in [3.63, 3.8) is 0 Å². The normalized spacial score (nSPS) is 20.0. The van der Waals surface area contributed by atoms with Gasteiger partial charge in [-0.3, -0.25) is 4.79 Å². The van der Waals surface area contributed by atoms with Crippen LogP contribution in [0.5, 0.6) is 0 Å². The van der Waals surface area contributed by atoms with Crippen molar-refractivity contribution in [2.45, 2.75) is 37.7 Å². The summed E-state index contributed by atoms with van der Waals surface area (Å²) in [4.78, 5) is 15.8. The van der Waals surface area contributed by atoms with E-state index in [-0.39, 0.29) is 22.3 Å². The number of imidazole rings is 1. The van der Waals surface area contributed by atoms with Crippen LogP contribution in [0.4, 0.5) is 4.39 Å². The summed E-state index contributed by atoms with van der Waals surface area (Å²) in [7, 11) is 0. The van der Waals surface area contributed by atoms with Crippen LogP contribution in [0.15, 0.2) is 12.1 Å². The van der Waals surface area contributed by atoms with Crippen LogP contribution in [0, 0.1) is 5.82 Å². The van der Waals surface area contributed by atoms with Crippen LogP contribution in [-0.4, -0.2) is 21.5 Å². The van der Waals surface area contributed by atoms with Crippen molar-refractivity contribution < 1.29 is 9.18 Å². The highest BCUT2D eigenvalue weighted by molar-refractivity contribution is 6.31. The summed E-state index contributed by atoms with van der Waals surface area (Å²) in [6.45, 7) is 2.33. The summed E-state index contributed by atoms with van der Waals surface area (Å²) in [5, 5.41) is 2.61. The highest BCUT2D eigenvalue weighted by Crippen LogP contribution is 2.29. The molecule has 7 heteroatoms. The molecule has 1 amide bonds. The van der Waals surface area contributed by atoms with Crippen LogP contribution in [0.1, 0.15) is 31.0 Å². The largest absolute Gasteiger partial charge is 0.352 e. The molecule has 1 saturated heterocycles. The fraction of sp³-hybridized carbons (Fsp3) is 0.429. The molecule has 21 heavy (non-hydrogen) atoms. The van der Waals surface area contributed by atoms with Gasteiger partial charge in [-0.1, -0.05) is 11.6 Å². The maximum absolute atomic E-state index is 13.7. The van der Waals surface area contributed by atoms with Gasteiger partial charge < -0.3 is 9.88 Å². The topological polar surface area (TPSA) is 46.9 Å². The van der Waals surface area contributed by atoms with E-state index in [1.165, 1.54) is 12.1 Å². The number of rotatable bonds is 3. The summed E-state index contributed by atoms with van der Waals surface area (Å²) in [5.74, 6) is 0.197. The van der Waals surface area contributed by atoms with E-state index in [1.807, 2.05) is 11.5 Å². The fourth-order valence-corrected chi connectivity index (χ4v) is 2.99. The average Bonchev–Trinajstić information content (AvgIpc) is 2.96. The lowest BCUT2D eigenvalue weighted by atomic mass is 10.2. The van der Waals surface area contributed by atoms with E-state index in [9.17, 15) is 9.18 Å². The molecular formula is C14H14Cl2FN3O. The van der Waals surface area contributed by atoms with Gasteiger partial charge in [-0.25, -0.2) is 9.37 Å². The van der Waals surface area contributed by atoms with E-state index in [0.717, 1.165) is 6.42 Å². The molecule has 0 aliphatic carbocycles. The average molecular weight is 330 g/mol. The number of carbonyl (C=O) groups excluding carboxylic acids is 1. The third-order valence-electron chi connectivity index (χ3n) is 3.66. The molecule has 0 bridgehead atoms. The summed E-state index contributed by atoms with van der Waals surface area (Å²) in [6, 6.07) is 2.88. The van der Waals surface area contributed by atoms with Crippen molar-refractivity contribution in [3.05, 3.63) is 28.8 Å². The molecule has 0 spiro atoms. The van der Waals surface area contributed by atoms with Gasteiger partial charge in [0.05, 0.1) is 21.4 Å². The first kappa shape index (κ1) is 14.6. The number of halogens is 3. The summed E-state index contributed by atoms with van der Waals surface area (Å²) in [5.41, 5.74) is 1.24. The van der Waals surface area contributed by atoms with Gasteiger partial charge in [-0.05, 0) is 19.4 Å². The second-order valence-electron chi connectivity index (χ2n) is 5.25. The van der Waals surface area contributed by atoms with Crippen LogP contribution in [-0.2, 0) is 11.3 Å². The van der Waals surface area contributed by atoms with Crippen molar-refractivity contribution >= 4 is 40.1 Å². The molecule has 1 N–H and O–H groups in total. The van der Waals surface area contributed by atoms with Crippen molar-refractivity contribution in [3.8, 4) is 0 Å². The predicted molar refractivity (Wildman–Crippen MR) is 80.1 cm³/mol. The van der Waals surface area contributed by atoms with Gasteiger partial charge in [0.15, 0.2) is 0 Å². The molecule has 0 radical (unpaired) electrons. The fourth-order valence-electron chi connectivity index (χ4n) is 2.67. The van der Waals surface area contributed by atoms with Crippen LogP contribution >= 0.6 is 23.2 Å². The molecule has 1 aromatic heterocycles. The lowest BCUT2D eigenvalue weighted by molar-refractivity contribution is -0.119. The number of nitrogens with one attached hydrogen (secondary N) is 1. The molecule has 1 aromatic carbocycles. The van der Waals surface area contributed by atoms with Crippen LogP contribution in [0.3, 0.4) is 0 Å². The summed E-state index contributed by atoms with van der Waals surface area (Å²) < 4.78 is 15.6. The Hall–Kier alpha value is -1.33. The molecular weight excluding hydrogens is 316 g/mol. The molecule has 1 aliphatic rings. The number of alkyl halides is 1. The zero-order valence-electron chi connectivity index (χ0n) is 11.4. The zero-order chi connectivity index (χ0) is 15.1. The number of aromatic nitrogens is 2. The van der Waals surface area contributed by atoms with Gasteiger partial charge in [0.1, 0.15) is 11.6 Å². The Bertz CT molecular complexity index is 714. The molecule has 112 valence electrons.